The SMILES string of the molecule is CCC(C)(C(NN)C(C)CCOC)N1CCCC1. The lowest BCUT2D eigenvalue weighted by Crippen LogP contribution is -2.62. The van der Waals surface area contributed by atoms with Gasteiger partial charge in [-0.2, -0.15) is 0 Å². The van der Waals surface area contributed by atoms with Crippen LogP contribution in [0, 0.1) is 5.92 Å². The van der Waals surface area contributed by atoms with Crippen molar-refractivity contribution in [1.82, 2.24) is 10.3 Å². The van der Waals surface area contributed by atoms with E-state index in [9.17, 15) is 0 Å². The molecule has 3 unspecified atom stereocenters. The fourth-order valence-electron chi connectivity index (χ4n) is 3.30. The molecule has 0 bridgehead atoms. The molecule has 0 radical (unpaired) electrons. The lowest BCUT2D eigenvalue weighted by Gasteiger charge is -2.46. The average Bonchev–Trinajstić information content (AvgIpc) is 2.91. The van der Waals surface area contributed by atoms with Crippen LogP contribution in [0.2, 0.25) is 0 Å². The normalized spacial score (nSPS) is 23.8. The van der Waals surface area contributed by atoms with E-state index < -0.39 is 0 Å². The van der Waals surface area contributed by atoms with E-state index in [1.165, 1.54) is 25.9 Å². The van der Waals surface area contributed by atoms with Gasteiger partial charge in [0.25, 0.3) is 0 Å². The van der Waals surface area contributed by atoms with Crippen molar-refractivity contribution in [2.75, 3.05) is 26.8 Å². The van der Waals surface area contributed by atoms with E-state index in [4.69, 9.17) is 10.6 Å². The predicted octanol–water partition coefficient (Wildman–Crippen LogP) is 1.76. The molecule has 4 nitrogen and oxygen atoms in total. The van der Waals surface area contributed by atoms with Gasteiger partial charge in [-0.1, -0.05) is 13.8 Å². The number of methoxy groups -OCH3 is 1. The van der Waals surface area contributed by atoms with Gasteiger partial charge in [-0.3, -0.25) is 16.2 Å². The summed E-state index contributed by atoms with van der Waals surface area (Å²) in [6.07, 6.45) is 4.81. The second-order valence-electron chi connectivity index (χ2n) is 5.81. The number of ether oxygens (including phenoxy) is 1. The quantitative estimate of drug-likeness (QED) is 0.514. The first-order valence-corrected chi connectivity index (χ1v) is 7.30. The molecule has 0 spiro atoms. The largest absolute Gasteiger partial charge is 0.385 e. The van der Waals surface area contributed by atoms with Gasteiger partial charge in [0.15, 0.2) is 0 Å². The van der Waals surface area contributed by atoms with Crippen molar-refractivity contribution in [3.05, 3.63) is 0 Å². The van der Waals surface area contributed by atoms with Crippen LogP contribution in [0.5, 0.6) is 0 Å². The third-order valence-corrected chi connectivity index (χ3v) is 4.74. The fraction of sp³-hybridized carbons (Fsp3) is 1.00. The van der Waals surface area contributed by atoms with Crippen molar-refractivity contribution in [3.8, 4) is 0 Å². The predicted molar refractivity (Wildman–Crippen MR) is 76.3 cm³/mol. The van der Waals surface area contributed by atoms with E-state index in [2.05, 4.69) is 31.1 Å². The third-order valence-electron chi connectivity index (χ3n) is 4.74. The number of hydrazine groups is 1. The van der Waals surface area contributed by atoms with Gasteiger partial charge in [-0.25, -0.2) is 0 Å². The summed E-state index contributed by atoms with van der Waals surface area (Å²) in [5.41, 5.74) is 3.23. The average molecular weight is 257 g/mol. The van der Waals surface area contributed by atoms with Gasteiger partial charge in [-0.05, 0) is 51.6 Å². The van der Waals surface area contributed by atoms with Crippen molar-refractivity contribution in [2.45, 2.75) is 58.0 Å². The van der Waals surface area contributed by atoms with Gasteiger partial charge in [-0.15, -0.1) is 0 Å². The number of nitrogens with zero attached hydrogens (tertiary/aromatic N) is 1. The molecule has 1 rings (SSSR count). The Labute approximate surface area is 112 Å². The molecule has 1 heterocycles. The number of hydrogen-bond donors (Lipinski definition) is 2. The molecule has 0 aromatic heterocycles. The summed E-state index contributed by atoms with van der Waals surface area (Å²) in [5, 5.41) is 0. The highest BCUT2D eigenvalue weighted by atomic mass is 16.5. The highest BCUT2D eigenvalue weighted by Gasteiger charge is 2.41. The second kappa shape index (κ2) is 7.43. The van der Waals surface area contributed by atoms with Crippen molar-refractivity contribution >= 4 is 0 Å². The fourth-order valence-corrected chi connectivity index (χ4v) is 3.30. The Morgan fingerprint density at radius 3 is 2.44 bits per heavy atom. The highest BCUT2D eigenvalue weighted by molar-refractivity contribution is 4.99. The summed E-state index contributed by atoms with van der Waals surface area (Å²) in [4.78, 5) is 2.61. The third kappa shape index (κ3) is 3.44. The zero-order valence-electron chi connectivity index (χ0n) is 12.5. The van der Waals surface area contributed by atoms with Crippen LogP contribution in [-0.2, 0) is 4.74 Å². The number of nitrogens with one attached hydrogen (secondary N) is 1. The Hall–Kier alpha value is -0.160. The zero-order chi connectivity index (χ0) is 13.6. The number of rotatable bonds is 8. The molecule has 0 aliphatic carbocycles. The van der Waals surface area contributed by atoms with Crippen molar-refractivity contribution < 1.29 is 4.74 Å². The standard InChI is InChI=1S/C14H31N3O/c1-5-14(3,17-9-6-7-10-17)13(16-15)12(2)8-11-18-4/h12-13,16H,5-11,15H2,1-4H3. The first kappa shape index (κ1) is 15.9. The Kier molecular flexibility index (Phi) is 6.57. The van der Waals surface area contributed by atoms with Crippen LogP contribution in [0.25, 0.3) is 0 Å². The topological polar surface area (TPSA) is 50.5 Å². The smallest absolute Gasteiger partial charge is 0.0465 e. The molecule has 3 atom stereocenters. The summed E-state index contributed by atoms with van der Waals surface area (Å²) >= 11 is 0. The van der Waals surface area contributed by atoms with Crippen LogP contribution in [0.3, 0.4) is 0 Å². The summed E-state index contributed by atoms with van der Waals surface area (Å²) in [6, 6.07) is 0.316. The zero-order valence-corrected chi connectivity index (χ0v) is 12.5. The highest BCUT2D eigenvalue weighted by Crippen LogP contribution is 2.31. The molecule has 4 heteroatoms. The molecule has 0 amide bonds. The molecule has 0 aromatic carbocycles. The van der Waals surface area contributed by atoms with Gasteiger partial charge in [0.05, 0.1) is 0 Å². The van der Waals surface area contributed by atoms with E-state index in [0.29, 0.717) is 12.0 Å². The Morgan fingerprint density at radius 2 is 2.00 bits per heavy atom. The summed E-state index contributed by atoms with van der Waals surface area (Å²) in [5.74, 6) is 6.37. The van der Waals surface area contributed by atoms with E-state index >= 15 is 0 Å². The summed E-state index contributed by atoms with van der Waals surface area (Å²) in [7, 11) is 1.76. The monoisotopic (exact) mass is 257 g/mol. The minimum atomic E-state index is 0.151. The maximum absolute atomic E-state index is 5.86. The molecule has 3 N–H and O–H groups in total. The van der Waals surface area contributed by atoms with Crippen LogP contribution in [0.4, 0.5) is 0 Å². The van der Waals surface area contributed by atoms with E-state index in [-0.39, 0.29) is 5.54 Å². The second-order valence-corrected chi connectivity index (χ2v) is 5.81. The maximum atomic E-state index is 5.86. The van der Waals surface area contributed by atoms with Gasteiger partial charge in [0.2, 0.25) is 0 Å². The molecular formula is C14H31N3O. The first-order valence-electron chi connectivity index (χ1n) is 7.30. The molecule has 18 heavy (non-hydrogen) atoms. The molecule has 0 saturated carbocycles. The van der Waals surface area contributed by atoms with Crippen LogP contribution < -0.4 is 11.3 Å². The van der Waals surface area contributed by atoms with Crippen LogP contribution >= 0.6 is 0 Å². The summed E-state index contributed by atoms with van der Waals surface area (Å²) < 4.78 is 5.20. The number of hydrogen-bond acceptors (Lipinski definition) is 4. The Bertz CT molecular complexity index is 231. The molecule has 1 saturated heterocycles. The maximum Gasteiger partial charge on any atom is 0.0465 e. The minimum absolute atomic E-state index is 0.151. The molecule has 1 aliphatic heterocycles. The molecular weight excluding hydrogens is 226 g/mol. The number of likely N-dealkylation sites (tertiary alicyclic amines) is 1. The molecule has 0 aromatic rings. The van der Waals surface area contributed by atoms with E-state index in [0.717, 1.165) is 19.4 Å². The van der Waals surface area contributed by atoms with Gasteiger partial charge >= 0.3 is 0 Å². The van der Waals surface area contributed by atoms with Crippen molar-refractivity contribution in [1.29, 1.82) is 0 Å². The van der Waals surface area contributed by atoms with Gasteiger partial charge < -0.3 is 4.74 Å². The van der Waals surface area contributed by atoms with Gasteiger partial charge in [0.1, 0.15) is 0 Å². The van der Waals surface area contributed by atoms with E-state index in [1.54, 1.807) is 7.11 Å². The first-order chi connectivity index (χ1) is 8.60. The Balaban J connectivity index is 2.74. The molecule has 1 fully saturated rings. The van der Waals surface area contributed by atoms with Crippen LogP contribution in [0.15, 0.2) is 0 Å². The van der Waals surface area contributed by atoms with Crippen molar-refractivity contribution in [2.24, 2.45) is 11.8 Å². The lowest BCUT2D eigenvalue weighted by molar-refractivity contribution is 0.0514. The molecule has 1 aliphatic rings. The Morgan fingerprint density at radius 1 is 1.39 bits per heavy atom. The van der Waals surface area contributed by atoms with Crippen LogP contribution in [-0.4, -0.2) is 43.3 Å². The van der Waals surface area contributed by atoms with Gasteiger partial charge in [0, 0.05) is 25.3 Å². The van der Waals surface area contributed by atoms with Crippen LogP contribution in [0.1, 0.15) is 46.5 Å². The number of nitrogens with two attached hydrogens (primary N) is 1. The van der Waals surface area contributed by atoms with E-state index in [1.807, 2.05) is 0 Å². The minimum Gasteiger partial charge on any atom is -0.385 e. The lowest BCUT2D eigenvalue weighted by atomic mass is 9.79. The molecule has 108 valence electrons. The van der Waals surface area contributed by atoms with Crippen molar-refractivity contribution in [3.63, 3.8) is 0 Å². The summed E-state index contributed by atoms with van der Waals surface area (Å²) in [6.45, 7) is 10.1.